The Morgan fingerprint density at radius 3 is 0.955 bits per heavy atom. The number of hydrogen-bond donors (Lipinski definition) is 0. The maximum atomic E-state index is 12.8. The van der Waals surface area contributed by atoms with Gasteiger partial charge in [0.1, 0.15) is 13.2 Å². The third kappa shape index (κ3) is 52.3. The van der Waals surface area contributed by atoms with Crippen LogP contribution in [0.25, 0.3) is 0 Å². The fourth-order valence-electron chi connectivity index (χ4n) is 8.22. The molecule has 6 heteroatoms. The summed E-state index contributed by atoms with van der Waals surface area (Å²) in [6.07, 6.45) is 66.8. The normalized spacial score (nSPS) is 12.3. The van der Waals surface area contributed by atoms with Crippen LogP contribution in [0.2, 0.25) is 0 Å². The van der Waals surface area contributed by atoms with Crippen molar-refractivity contribution in [3.8, 4) is 0 Å². The number of allylic oxidation sites excluding steroid dienone is 8. The predicted molar refractivity (Wildman–Crippen MR) is 284 cm³/mol. The molecule has 0 aromatic heterocycles. The molecule has 0 amide bonds. The number of rotatable bonds is 52. The molecule has 0 rings (SSSR count). The van der Waals surface area contributed by atoms with Gasteiger partial charge in [0, 0.05) is 19.3 Å². The highest BCUT2D eigenvalue weighted by Gasteiger charge is 2.19. The highest BCUT2D eigenvalue weighted by atomic mass is 16.6. The lowest BCUT2D eigenvalue weighted by atomic mass is 10.0. The molecule has 1 unspecified atom stereocenters. The van der Waals surface area contributed by atoms with Crippen LogP contribution in [0.15, 0.2) is 48.6 Å². The van der Waals surface area contributed by atoms with Gasteiger partial charge in [-0.1, -0.05) is 249 Å². The molecule has 0 bridgehead atoms. The predicted octanol–water partition coefficient (Wildman–Crippen LogP) is 19.0. The number of unbranched alkanes of at least 4 members (excludes halogenated alkanes) is 33. The minimum atomic E-state index is -0.779. The zero-order valence-corrected chi connectivity index (χ0v) is 44.0. The lowest BCUT2D eigenvalue weighted by molar-refractivity contribution is -0.167. The summed E-state index contributed by atoms with van der Waals surface area (Å²) in [5.74, 6) is -0.889. The summed E-state index contributed by atoms with van der Waals surface area (Å²) in [7, 11) is 0. The number of ether oxygens (including phenoxy) is 3. The molecule has 0 aromatic carbocycles. The quantitative estimate of drug-likeness (QED) is 0.0262. The Kier molecular flexibility index (Phi) is 52.8. The van der Waals surface area contributed by atoms with Gasteiger partial charge in [-0.2, -0.15) is 0 Å². The lowest BCUT2D eigenvalue weighted by Crippen LogP contribution is -2.30. The zero-order valence-electron chi connectivity index (χ0n) is 44.0. The average molecular weight is 926 g/mol. The lowest BCUT2D eigenvalue weighted by Gasteiger charge is -2.18. The van der Waals surface area contributed by atoms with Gasteiger partial charge in [-0.25, -0.2) is 0 Å². The van der Waals surface area contributed by atoms with Crippen LogP contribution >= 0.6 is 0 Å². The maximum absolute atomic E-state index is 12.8. The topological polar surface area (TPSA) is 78.9 Å². The molecular formula is C60H108O6. The van der Waals surface area contributed by atoms with Gasteiger partial charge in [-0.15, -0.1) is 0 Å². The van der Waals surface area contributed by atoms with E-state index >= 15 is 0 Å². The molecule has 0 N–H and O–H groups in total. The molecule has 0 fully saturated rings. The molecule has 384 valence electrons. The van der Waals surface area contributed by atoms with Crippen LogP contribution < -0.4 is 0 Å². The molecule has 0 aromatic rings. The average Bonchev–Trinajstić information content (AvgIpc) is 3.31. The van der Waals surface area contributed by atoms with Gasteiger partial charge in [0.25, 0.3) is 0 Å². The van der Waals surface area contributed by atoms with Gasteiger partial charge in [-0.05, 0) is 77.0 Å². The second-order valence-corrected chi connectivity index (χ2v) is 19.2. The second kappa shape index (κ2) is 55.0. The van der Waals surface area contributed by atoms with Crippen molar-refractivity contribution in [3.63, 3.8) is 0 Å². The molecular weight excluding hydrogens is 817 g/mol. The fourth-order valence-corrected chi connectivity index (χ4v) is 8.22. The minimum absolute atomic E-state index is 0.0795. The van der Waals surface area contributed by atoms with Crippen molar-refractivity contribution < 1.29 is 28.6 Å². The summed E-state index contributed by atoms with van der Waals surface area (Å²) in [6.45, 7) is 6.57. The number of esters is 3. The van der Waals surface area contributed by atoms with Crippen LogP contribution in [0.3, 0.4) is 0 Å². The molecule has 66 heavy (non-hydrogen) atoms. The van der Waals surface area contributed by atoms with Crippen molar-refractivity contribution in [1.82, 2.24) is 0 Å². The fraction of sp³-hybridized carbons (Fsp3) is 0.817. The Morgan fingerprint density at radius 2 is 0.576 bits per heavy atom. The first-order valence-corrected chi connectivity index (χ1v) is 28.6. The highest BCUT2D eigenvalue weighted by molar-refractivity contribution is 5.71. The van der Waals surface area contributed by atoms with E-state index in [2.05, 4.69) is 69.4 Å². The van der Waals surface area contributed by atoms with E-state index < -0.39 is 6.10 Å². The van der Waals surface area contributed by atoms with Crippen molar-refractivity contribution in [2.75, 3.05) is 13.2 Å². The van der Waals surface area contributed by atoms with E-state index in [4.69, 9.17) is 14.2 Å². The standard InChI is InChI=1S/C60H108O6/c1-4-7-10-13-16-19-22-24-26-28-30-32-34-36-38-41-44-47-50-53-59(62)65-56-57(55-64-58(61)52-49-46-43-40-21-18-15-12-9-6-3)66-60(63)54-51-48-45-42-39-37-35-33-31-29-27-25-23-20-17-14-11-8-5-2/h12,15-16,19,24,26,30,32,57H,4-11,13-14,17-18,20-23,25,27-29,31,33-56H2,1-3H3/b15-12-,19-16-,26-24-,32-30-. The van der Waals surface area contributed by atoms with Crippen LogP contribution in [0.5, 0.6) is 0 Å². The van der Waals surface area contributed by atoms with E-state index in [0.717, 1.165) is 89.9 Å². The van der Waals surface area contributed by atoms with Gasteiger partial charge in [0.2, 0.25) is 0 Å². The summed E-state index contributed by atoms with van der Waals surface area (Å²) in [6, 6.07) is 0. The smallest absolute Gasteiger partial charge is 0.306 e. The van der Waals surface area contributed by atoms with Crippen LogP contribution in [-0.2, 0) is 28.6 Å². The Labute approximate surface area is 409 Å². The molecule has 0 spiro atoms. The molecule has 0 radical (unpaired) electrons. The summed E-state index contributed by atoms with van der Waals surface area (Å²) in [5.41, 5.74) is 0. The first-order valence-electron chi connectivity index (χ1n) is 28.6. The summed E-state index contributed by atoms with van der Waals surface area (Å²) in [5, 5.41) is 0. The van der Waals surface area contributed by atoms with Crippen LogP contribution in [-0.4, -0.2) is 37.2 Å². The summed E-state index contributed by atoms with van der Waals surface area (Å²) in [4.78, 5) is 38.1. The monoisotopic (exact) mass is 925 g/mol. The van der Waals surface area contributed by atoms with Gasteiger partial charge >= 0.3 is 17.9 Å². The van der Waals surface area contributed by atoms with Gasteiger partial charge in [-0.3, -0.25) is 14.4 Å². The van der Waals surface area contributed by atoms with E-state index in [1.54, 1.807) is 0 Å². The van der Waals surface area contributed by atoms with Gasteiger partial charge in [0.15, 0.2) is 6.10 Å². The van der Waals surface area contributed by atoms with Crippen LogP contribution in [0.4, 0.5) is 0 Å². The Hall–Kier alpha value is -2.63. The molecule has 6 nitrogen and oxygen atoms in total. The van der Waals surface area contributed by atoms with Crippen LogP contribution in [0.1, 0.15) is 297 Å². The van der Waals surface area contributed by atoms with Crippen molar-refractivity contribution in [1.29, 1.82) is 0 Å². The Morgan fingerprint density at radius 1 is 0.303 bits per heavy atom. The van der Waals surface area contributed by atoms with E-state index in [0.29, 0.717) is 19.3 Å². The molecule has 0 saturated carbocycles. The van der Waals surface area contributed by atoms with E-state index in [1.807, 2.05) is 0 Å². The Bertz CT molecular complexity index is 1150. The van der Waals surface area contributed by atoms with Gasteiger partial charge in [0.05, 0.1) is 0 Å². The molecule has 0 saturated heterocycles. The van der Waals surface area contributed by atoms with E-state index in [1.165, 1.54) is 167 Å². The van der Waals surface area contributed by atoms with E-state index in [9.17, 15) is 14.4 Å². The first-order chi connectivity index (χ1) is 32.5. The minimum Gasteiger partial charge on any atom is -0.462 e. The summed E-state index contributed by atoms with van der Waals surface area (Å²) >= 11 is 0. The van der Waals surface area contributed by atoms with Crippen molar-refractivity contribution >= 4 is 17.9 Å². The van der Waals surface area contributed by atoms with Gasteiger partial charge < -0.3 is 14.2 Å². The third-order valence-corrected chi connectivity index (χ3v) is 12.5. The SMILES string of the molecule is CCC/C=C\CCCCCCCC(=O)OCC(COC(=O)CCCCCCCC/C=C\C/C=C\C/C=C\CCCCC)OC(=O)CCCCCCCCCCCCCCCCCCCCC. The van der Waals surface area contributed by atoms with Crippen molar-refractivity contribution in [2.45, 2.75) is 303 Å². The number of carbonyl (C=O) groups is 3. The number of carbonyl (C=O) groups excluding carboxylic acids is 3. The Balaban J connectivity index is 4.30. The van der Waals surface area contributed by atoms with Crippen molar-refractivity contribution in [3.05, 3.63) is 48.6 Å². The molecule has 0 aliphatic carbocycles. The molecule has 1 atom stereocenters. The maximum Gasteiger partial charge on any atom is 0.306 e. The number of hydrogen-bond acceptors (Lipinski definition) is 6. The first kappa shape index (κ1) is 63.4. The van der Waals surface area contributed by atoms with Crippen molar-refractivity contribution in [2.24, 2.45) is 0 Å². The molecule has 0 aliphatic rings. The molecule has 0 aliphatic heterocycles. The second-order valence-electron chi connectivity index (χ2n) is 19.2. The van der Waals surface area contributed by atoms with Crippen LogP contribution in [0, 0.1) is 0 Å². The third-order valence-electron chi connectivity index (χ3n) is 12.5. The summed E-state index contributed by atoms with van der Waals surface area (Å²) < 4.78 is 16.8. The molecule has 0 heterocycles. The van der Waals surface area contributed by atoms with E-state index in [-0.39, 0.29) is 31.1 Å². The zero-order chi connectivity index (χ0) is 47.9. The largest absolute Gasteiger partial charge is 0.462 e. The highest BCUT2D eigenvalue weighted by Crippen LogP contribution is 2.16.